The van der Waals surface area contributed by atoms with Crippen LogP contribution in [0, 0.1) is 10.1 Å². The molecule has 2 N–H and O–H groups in total. The van der Waals surface area contributed by atoms with Crippen molar-refractivity contribution in [2.24, 2.45) is 0 Å². The van der Waals surface area contributed by atoms with Gasteiger partial charge in [0.15, 0.2) is 6.10 Å². The van der Waals surface area contributed by atoms with Crippen LogP contribution in [0.15, 0.2) is 71.6 Å². The van der Waals surface area contributed by atoms with E-state index in [0.717, 1.165) is 23.1 Å². The predicted molar refractivity (Wildman–Crippen MR) is 166 cm³/mol. The second kappa shape index (κ2) is 15.9. The molecule has 0 aromatic heterocycles. The molecule has 1 heterocycles. The molecular weight excluding hydrogens is 630 g/mol. The molecule has 13 nitrogen and oxygen atoms in total. The zero-order valence-corrected chi connectivity index (χ0v) is 26.0. The molecule has 0 spiro atoms. The van der Waals surface area contributed by atoms with Crippen LogP contribution >= 0.6 is 23.4 Å². The predicted octanol–water partition coefficient (Wildman–Crippen LogP) is 4.77. The maximum absolute atomic E-state index is 14.2. The van der Waals surface area contributed by atoms with E-state index in [0.29, 0.717) is 24.5 Å². The van der Waals surface area contributed by atoms with Gasteiger partial charge in [0.25, 0.3) is 11.6 Å². The fourth-order valence-corrected chi connectivity index (χ4v) is 5.68. The maximum Gasteiger partial charge on any atom is 0.414 e. The molecule has 0 saturated carbocycles. The quantitative estimate of drug-likeness (QED) is 0.139. The number of halogens is 1. The maximum atomic E-state index is 14.2. The van der Waals surface area contributed by atoms with E-state index in [1.165, 1.54) is 23.9 Å². The van der Waals surface area contributed by atoms with Crippen LogP contribution in [-0.2, 0) is 19.1 Å². The molecule has 0 radical (unpaired) electrons. The summed E-state index contributed by atoms with van der Waals surface area (Å²) in [6.07, 6.45) is -1.27. The molecule has 0 bridgehead atoms. The molecule has 45 heavy (non-hydrogen) atoms. The third-order valence-corrected chi connectivity index (χ3v) is 8.28. The fourth-order valence-electron chi connectivity index (χ4n) is 4.20. The van der Waals surface area contributed by atoms with Gasteiger partial charge in [-0.25, -0.2) is 14.4 Å². The number of rotatable bonds is 9. The van der Waals surface area contributed by atoms with Gasteiger partial charge in [-0.1, -0.05) is 42.8 Å². The Labute approximate surface area is 267 Å². The lowest BCUT2D eigenvalue weighted by molar-refractivity contribution is -0.385. The van der Waals surface area contributed by atoms with E-state index in [4.69, 9.17) is 40.9 Å². The second-order valence-corrected chi connectivity index (χ2v) is 11.1. The summed E-state index contributed by atoms with van der Waals surface area (Å²) in [6.45, 7) is 3.78. The highest BCUT2D eigenvalue weighted by Gasteiger charge is 2.42. The molecule has 0 saturated heterocycles. The molecule has 1 amide bonds. The monoisotopic (exact) mass is 659 g/mol. The molecule has 0 unspecified atom stereocenters. The lowest BCUT2D eigenvalue weighted by Gasteiger charge is -2.29. The van der Waals surface area contributed by atoms with Crippen LogP contribution in [0.25, 0.3) is 0 Å². The number of carboxylic acids is 2. The summed E-state index contributed by atoms with van der Waals surface area (Å²) < 4.78 is 11.2. The number of nitro groups is 1. The van der Waals surface area contributed by atoms with Gasteiger partial charge in [-0.05, 0) is 55.6 Å². The van der Waals surface area contributed by atoms with Crippen LogP contribution in [0.4, 0.5) is 11.4 Å². The molecule has 15 heteroatoms. The summed E-state index contributed by atoms with van der Waals surface area (Å²) in [5.74, 6) is -4.40. The van der Waals surface area contributed by atoms with Crippen molar-refractivity contribution in [3.63, 3.8) is 0 Å². The summed E-state index contributed by atoms with van der Waals surface area (Å²) >= 11 is 7.34. The molecule has 0 fully saturated rings. The number of hydrogen-bond donors (Lipinski definition) is 2. The van der Waals surface area contributed by atoms with Gasteiger partial charge in [0, 0.05) is 29.1 Å². The normalized spacial score (nSPS) is 15.7. The number of aliphatic carboxylic acids is 2. The number of amides is 1. The van der Waals surface area contributed by atoms with Crippen molar-refractivity contribution in [3.8, 4) is 5.75 Å². The third kappa shape index (κ3) is 8.94. The number of fused-ring (bicyclic) bond motifs is 1. The van der Waals surface area contributed by atoms with Crippen LogP contribution in [-0.4, -0.2) is 83.7 Å². The Morgan fingerprint density at radius 2 is 1.71 bits per heavy atom. The third-order valence-electron chi connectivity index (χ3n) is 6.68. The topological polar surface area (TPSA) is 177 Å². The molecule has 3 aromatic carbocycles. The summed E-state index contributed by atoms with van der Waals surface area (Å²) in [5.41, 5.74) is 0.674. The number of nitrogens with zero attached hydrogens (tertiary/aromatic N) is 3. The van der Waals surface area contributed by atoms with Crippen LogP contribution in [0.3, 0.4) is 0 Å². The Balaban J connectivity index is 0.000000838. The minimum absolute atomic E-state index is 0.108. The number of esters is 1. The SMILES string of the molecule is CCN(C)CCN1C(=O)[C@@H](OC(=O)c2ccc(Cl)cc2[N+](=O)[O-])[C@@H](c2ccc(OC)cc2)Sc2ccccc21.O=C(O)C(=O)O. The van der Waals surface area contributed by atoms with Gasteiger partial charge in [-0.3, -0.25) is 14.9 Å². The Morgan fingerprint density at radius 3 is 2.29 bits per heavy atom. The van der Waals surface area contributed by atoms with Crippen molar-refractivity contribution in [3.05, 3.63) is 93.0 Å². The molecule has 3 aromatic rings. The second-order valence-electron chi connectivity index (χ2n) is 9.52. The number of ether oxygens (including phenoxy) is 2. The highest BCUT2D eigenvalue weighted by molar-refractivity contribution is 7.99. The smallest absolute Gasteiger partial charge is 0.414 e. The number of carbonyl (C=O) groups is 4. The molecule has 1 aliphatic rings. The number of methoxy groups -OCH3 is 1. The van der Waals surface area contributed by atoms with Gasteiger partial charge in [0.1, 0.15) is 11.3 Å². The molecular formula is C30H30ClN3O10S. The van der Waals surface area contributed by atoms with Crippen LogP contribution in [0.1, 0.15) is 28.1 Å². The van der Waals surface area contributed by atoms with Crippen LogP contribution in [0.2, 0.25) is 5.02 Å². The number of hydrogen-bond acceptors (Lipinski definition) is 10. The summed E-state index contributed by atoms with van der Waals surface area (Å²) in [5, 5.41) is 25.9. The number of benzene rings is 3. The number of thioether (sulfide) groups is 1. The largest absolute Gasteiger partial charge is 0.497 e. The standard InChI is InChI=1S/C28H28ClN3O6S.C2H2O4/c1-4-30(2)15-16-31-22-7-5-6-8-24(22)39-26(18-9-12-20(37-3)13-10-18)25(27(31)33)38-28(34)21-14-11-19(29)17-23(21)32(35)36;3-1(4)2(5)6/h5-14,17,25-26H,4,15-16H2,1-3H3;(H,3,4)(H,5,6)/t25-,26+;/m0./s1. The van der Waals surface area contributed by atoms with Crippen molar-refractivity contribution in [2.45, 2.75) is 23.2 Å². The molecule has 238 valence electrons. The Morgan fingerprint density at radius 1 is 1.07 bits per heavy atom. The number of carbonyl (C=O) groups excluding carboxylic acids is 2. The van der Waals surface area contributed by atoms with Gasteiger partial charge < -0.3 is 29.5 Å². The number of para-hydroxylation sites is 1. The lowest BCUT2D eigenvalue weighted by Crippen LogP contribution is -2.45. The number of likely N-dealkylation sites (N-methyl/N-ethyl adjacent to an activating group) is 1. The van der Waals surface area contributed by atoms with E-state index in [9.17, 15) is 19.7 Å². The first-order valence-electron chi connectivity index (χ1n) is 13.4. The van der Waals surface area contributed by atoms with E-state index in [2.05, 4.69) is 4.90 Å². The van der Waals surface area contributed by atoms with E-state index in [1.807, 2.05) is 50.4 Å². The van der Waals surface area contributed by atoms with E-state index < -0.39 is 45.8 Å². The minimum atomic E-state index is -1.82. The number of anilines is 1. The van der Waals surface area contributed by atoms with E-state index >= 15 is 0 Å². The molecule has 0 aliphatic carbocycles. The van der Waals surface area contributed by atoms with Gasteiger partial charge in [-0.15, -0.1) is 11.8 Å². The number of nitro benzene ring substituents is 1. The van der Waals surface area contributed by atoms with E-state index in [-0.39, 0.29) is 10.6 Å². The minimum Gasteiger partial charge on any atom is -0.497 e. The van der Waals surface area contributed by atoms with Gasteiger partial charge in [0.2, 0.25) is 0 Å². The van der Waals surface area contributed by atoms with Gasteiger partial charge >= 0.3 is 17.9 Å². The summed E-state index contributed by atoms with van der Waals surface area (Å²) in [4.78, 5) is 61.3. The van der Waals surface area contributed by atoms with Crippen molar-refractivity contribution in [1.29, 1.82) is 0 Å². The first kappa shape index (κ1) is 34.8. The Bertz CT molecular complexity index is 1560. The van der Waals surface area contributed by atoms with Crippen molar-refractivity contribution in [2.75, 3.05) is 38.7 Å². The highest BCUT2D eigenvalue weighted by atomic mass is 35.5. The zero-order chi connectivity index (χ0) is 33.3. The average Bonchev–Trinajstić information content (AvgIpc) is 3.13. The van der Waals surface area contributed by atoms with Crippen molar-refractivity contribution < 1.29 is 43.8 Å². The zero-order valence-electron chi connectivity index (χ0n) is 24.4. The van der Waals surface area contributed by atoms with Gasteiger partial charge in [-0.2, -0.15) is 0 Å². The average molecular weight is 660 g/mol. The fraction of sp³-hybridized carbons (Fsp3) is 0.267. The molecule has 4 rings (SSSR count). The molecule has 1 aliphatic heterocycles. The van der Waals surface area contributed by atoms with Crippen molar-refractivity contribution in [1.82, 2.24) is 4.90 Å². The first-order chi connectivity index (χ1) is 21.4. The summed E-state index contributed by atoms with van der Waals surface area (Å²) in [6, 6.07) is 18.4. The van der Waals surface area contributed by atoms with Crippen molar-refractivity contribution >= 4 is 58.6 Å². The Kier molecular flexibility index (Phi) is 12.3. The van der Waals surface area contributed by atoms with Gasteiger partial charge in [0.05, 0.1) is 23.0 Å². The highest BCUT2D eigenvalue weighted by Crippen LogP contribution is 2.47. The van der Waals surface area contributed by atoms with Crippen LogP contribution < -0.4 is 9.64 Å². The lowest BCUT2D eigenvalue weighted by atomic mass is 10.0. The number of carboxylic acid groups (broad SMARTS) is 2. The van der Waals surface area contributed by atoms with Crippen LogP contribution in [0.5, 0.6) is 5.75 Å². The first-order valence-corrected chi connectivity index (χ1v) is 14.6. The molecule has 2 atom stereocenters. The van der Waals surface area contributed by atoms with E-state index in [1.54, 1.807) is 24.1 Å². The summed E-state index contributed by atoms with van der Waals surface area (Å²) in [7, 11) is 3.52. The Hall–Kier alpha value is -4.66.